The van der Waals surface area contributed by atoms with Gasteiger partial charge in [-0.3, -0.25) is 4.79 Å². The van der Waals surface area contributed by atoms with E-state index in [4.69, 9.17) is 18.9 Å². The second kappa shape index (κ2) is 12.2. The van der Waals surface area contributed by atoms with Gasteiger partial charge in [-0.25, -0.2) is 0 Å². The highest BCUT2D eigenvalue weighted by atomic mass is 16.6. The lowest BCUT2D eigenvalue weighted by Gasteiger charge is -2.16. The summed E-state index contributed by atoms with van der Waals surface area (Å²) in [6.07, 6.45) is 1.52. The normalized spacial score (nSPS) is 11.8. The number of benzene rings is 2. The number of ketones is 1. The number of rotatable bonds is 13. The summed E-state index contributed by atoms with van der Waals surface area (Å²) in [5, 5.41) is 20.1. The third-order valence-corrected chi connectivity index (χ3v) is 4.83. The van der Waals surface area contributed by atoms with E-state index in [9.17, 15) is 15.0 Å². The molecule has 31 heavy (non-hydrogen) atoms. The SMILES string of the molecule is CCCc1c(OCCCOc2cc(CC(O)OC)ccc2OC)ccc(C(C)=O)c1O. The number of aliphatic hydroxyl groups excluding tert-OH is 1. The van der Waals surface area contributed by atoms with E-state index in [2.05, 4.69) is 0 Å². The number of Topliss-reactive ketones (excluding diaryl/α,β-unsaturated/α-hetero) is 1. The molecule has 1 unspecified atom stereocenters. The van der Waals surface area contributed by atoms with Gasteiger partial charge in [0.25, 0.3) is 0 Å². The molecule has 2 aromatic rings. The van der Waals surface area contributed by atoms with E-state index in [0.29, 0.717) is 60.9 Å². The minimum absolute atomic E-state index is 0.00268. The molecular weight excluding hydrogens is 400 g/mol. The molecule has 170 valence electrons. The Morgan fingerprint density at radius 3 is 2.32 bits per heavy atom. The molecule has 0 spiro atoms. The first kappa shape index (κ1) is 24.5. The van der Waals surface area contributed by atoms with Crippen molar-refractivity contribution in [1.29, 1.82) is 0 Å². The number of hydrogen-bond acceptors (Lipinski definition) is 7. The molecule has 7 nitrogen and oxygen atoms in total. The van der Waals surface area contributed by atoms with E-state index < -0.39 is 6.29 Å². The summed E-state index contributed by atoms with van der Waals surface area (Å²) in [7, 11) is 3.02. The number of aliphatic hydroxyl groups is 1. The van der Waals surface area contributed by atoms with Crippen LogP contribution in [0.5, 0.6) is 23.0 Å². The summed E-state index contributed by atoms with van der Waals surface area (Å²) in [4.78, 5) is 11.7. The molecule has 0 radical (unpaired) electrons. The third-order valence-electron chi connectivity index (χ3n) is 4.83. The van der Waals surface area contributed by atoms with Gasteiger partial charge in [-0.15, -0.1) is 0 Å². The van der Waals surface area contributed by atoms with Crippen LogP contribution >= 0.6 is 0 Å². The fourth-order valence-corrected chi connectivity index (χ4v) is 3.20. The molecule has 1 atom stereocenters. The molecule has 0 amide bonds. The standard InChI is InChI=1S/C24H32O7/c1-5-7-19-20(11-9-18(16(2)25)24(19)27)30-12-6-13-31-22-14-17(15-23(26)29-4)8-10-21(22)28-3/h8-11,14,23,26-27H,5-7,12-13,15H2,1-4H3. The van der Waals surface area contributed by atoms with Crippen LogP contribution in [0.1, 0.15) is 48.2 Å². The number of methoxy groups -OCH3 is 2. The smallest absolute Gasteiger partial charge is 0.163 e. The Hall–Kier alpha value is -2.77. The molecule has 0 aliphatic carbocycles. The number of hydrogen-bond donors (Lipinski definition) is 2. The van der Waals surface area contributed by atoms with Crippen molar-refractivity contribution in [3.8, 4) is 23.0 Å². The Bertz CT molecular complexity index is 863. The average molecular weight is 433 g/mol. The number of carbonyl (C=O) groups is 1. The maximum atomic E-state index is 11.7. The average Bonchev–Trinajstić information content (AvgIpc) is 2.75. The number of phenols is 1. The van der Waals surface area contributed by atoms with Gasteiger partial charge < -0.3 is 29.2 Å². The topological polar surface area (TPSA) is 94.5 Å². The van der Waals surface area contributed by atoms with Crippen LogP contribution in [0.2, 0.25) is 0 Å². The van der Waals surface area contributed by atoms with Gasteiger partial charge in [0, 0.05) is 25.5 Å². The molecule has 7 heteroatoms. The highest BCUT2D eigenvalue weighted by Crippen LogP contribution is 2.33. The van der Waals surface area contributed by atoms with Crippen LogP contribution in [-0.4, -0.2) is 49.7 Å². The molecule has 2 N–H and O–H groups in total. The van der Waals surface area contributed by atoms with E-state index in [-0.39, 0.29) is 11.5 Å². The minimum atomic E-state index is -0.877. The van der Waals surface area contributed by atoms with Crippen molar-refractivity contribution in [2.24, 2.45) is 0 Å². The van der Waals surface area contributed by atoms with E-state index in [0.717, 1.165) is 12.0 Å². The first-order valence-corrected chi connectivity index (χ1v) is 10.4. The first-order chi connectivity index (χ1) is 14.9. The Balaban J connectivity index is 1.96. The van der Waals surface area contributed by atoms with Crippen molar-refractivity contribution in [2.45, 2.75) is 45.8 Å². The predicted molar refractivity (Wildman–Crippen MR) is 117 cm³/mol. The molecule has 2 aromatic carbocycles. The van der Waals surface area contributed by atoms with E-state index in [1.807, 2.05) is 19.1 Å². The fourth-order valence-electron chi connectivity index (χ4n) is 3.20. The van der Waals surface area contributed by atoms with Crippen LogP contribution in [0.15, 0.2) is 30.3 Å². The predicted octanol–water partition coefficient (Wildman–Crippen LogP) is 3.91. The quantitative estimate of drug-likeness (QED) is 0.281. The first-order valence-electron chi connectivity index (χ1n) is 10.4. The van der Waals surface area contributed by atoms with Crippen LogP contribution < -0.4 is 14.2 Å². The van der Waals surface area contributed by atoms with Crippen LogP contribution in [0.3, 0.4) is 0 Å². The van der Waals surface area contributed by atoms with Crippen LogP contribution in [-0.2, 0) is 17.6 Å². The van der Waals surface area contributed by atoms with E-state index in [1.54, 1.807) is 25.3 Å². The minimum Gasteiger partial charge on any atom is -0.507 e. The van der Waals surface area contributed by atoms with Gasteiger partial charge in [-0.05, 0) is 43.2 Å². The van der Waals surface area contributed by atoms with E-state index in [1.165, 1.54) is 14.0 Å². The fraction of sp³-hybridized carbons (Fsp3) is 0.458. The third kappa shape index (κ3) is 6.87. The van der Waals surface area contributed by atoms with Gasteiger partial charge in [-0.2, -0.15) is 0 Å². The van der Waals surface area contributed by atoms with Crippen molar-refractivity contribution >= 4 is 5.78 Å². The van der Waals surface area contributed by atoms with Gasteiger partial charge in [-0.1, -0.05) is 19.4 Å². The largest absolute Gasteiger partial charge is 0.507 e. The molecule has 0 aliphatic heterocycles. The summed E-state index contributed by atoms with van der Waals surface area (Å²) in [5.74, 6) is 1.59. The Kier molecular flexibility index (Phi) is 9.62. The molecule has 2 rings (SSSR count). The highest BCUT2D eigenvalue weighted by Gasteiger charge is 2.16. The molecule has 0 saturated heterocycles. The van der Waals surface area contributed by atoms with Crippen LogP contribution in [0, 0.1) is 0 Å². The zero-order chi connectivity index (χ0) is 22.8. The second-order valence-corrected chi connectivity index (χ2v) is 7.17. The zero-order valence-electron chi connectivity index (χ0n) is 18.6. The van der Waals surface area contributed by atoms with Crippen LogP contribution in [0.4, 0.5) is 0 Å². The summed E-state index contributed by atoms with van der Waals surface area (Å²) in [6.45, 7) is 4.22. The van der Waals surface area contributed by atoms with Crippen molar-refractivity contribution in [2.75, 3.05) is 27.4 Å². The molecule has 0 aromatic heterocycles. The number of phenolic OH excluding ortho intramolecular Hbond substituents is 1. The molecule has 0 bridgehead atoms. The molecule has 0 aliphatic rings. The maximum absolute atomic E-state index is 11.7. The van der Waals surface area contributed by atoms with Crippen molar-refractivity contribution < 1.29 is 34.0 Å². The molecular formula is C24H32O7. The lowest BCUT2D eigenvalue weighted by Crippen LogP contribution is -2.12. The second-order valence-electron chi connectivity index (χ2n) is 7.17. The Morgan fingerprint density at radius 2 is 1.71 bits per heavy atom. The Morgan fingerprint density at radius 1 is 1.03 bits per heavy atom. The van der Waals surface area contributed by atoms with E-state index >= 15 is 0 Å². The lowest BCUT2D eigenvalue weighted by atomic mass is 10.0. The number of carbonyl (C=O) groups excluding carboxylic acids is 1. The summed E-state index contributed by atoms with van der Waals surface area (Å²) < 4.78 is 21.9. The van der Waals surface area contributed by atoms with Crippen LogP contribution in [0.25, 0.3) is 0 Å². The number of ether oxygens (including phenoxy) is 4. The van der Waals surface area contributed by atoms with Crippen molar-refractivity contribution in [3.63, 3.8) is 0 Å². The monoisotopic (exact) mass is 432 g/mol. The highest BCUT2D eigenvalue weighted by molar-refractivity contribution is 5.97. The Labute approximate surface area is 183 Å². The van der Waals surface area contributed by atoms with Gasteiger partial charge >= 0.3 is 0 Å². The van der Waals surface area contributed by atoms with Crippen molar-refractivity contribution in [3.05, 3.63) is 47.0 Å². The summed E-state index contributed by atoms with van der Waals surface area (Å²) in [5.41, 5.74) is 1.83. The summed E-state index contributed by atoms with van der Waals surface area (Å²) in [6, 6.07) is 8.78. The van der Waals surface area contributed by atoms with Gasteiger partial charge in [0.1, 0.15) is 11.5 Å². The molecule has 0 fully saturated rings. The zero-order valence-corrected chi connectivity index (χ0v) is 18.6. The van der Waals surface area contributed by atoms with Gasteiger partial charge in [0.05, 0.1) is 25.9 Å². The number of aromatic hydroxyl groups is 1. The molecule has 0 heterocycles. The molecule has 0 saturated carbocycles. The van der Waals surface area contributed by atoms with Crippen molar-refractivity contribution in [1.82, 2.24) is 0 Å². The lowest BCUT2D eigenvalue weighted by molar-refractivity contribution is -0.0720. The van der Waals surface area contributed by atoms with Gasteiger partial charge in [0.2, 0.25) is 0 Å². The summed E-state index contributed by atoms with van der Waals surface area (Å²) >= 11 is 0. The van der Waals surface area contributed by atoms with Gasteiger partial charge in [0.15, 0.2) is 23.6 Å². The maximum Gasteiger partial charge on any atom is 0.163 e.